The van der Waals surface area contributed by atoms with Gasteiger partial charge in [0, 0.05) is 24.5 Å². The van der Waals surface area contributed by atoms with Gasteiger partial charge in [0.15, 0.2) is 0 Å². The Labute approximate surface area is 163 Å². The molecule has 0 radical (unpaired) electrons. The molecule has 1 fully saturated rings. The van der Waals surface area contributed by atoms with Crippen LogP contribution in [0, 0.1) is 5.82 Å². The smallest absolute Gasteiger partial charge is 0.129 e. The molecule has 0 unspecified atom stereocenters. The minimum Gasteiger partial charge on any atom is -0.488 e. The van der Waals surface area contributed by atoms with Gasteiger partial charge in [-0.2, -0.15) is 0 Å². The molecule has 5 nitrogen and oxygen atoms in total. The number of para-hydroxylation sites is 1. The molecule has 0 atom stereocenters. The first kappa shape index (κ1) is 18.3. The van der Waals surface area contributed by atoms with Crippen molar-refractivity contribution in [1.29, 1.82) is 0 Å². The van der Waals surface area contributed by atoms with Crippen LogP contribution in [0.2, 0.25) is 0 Å². The van der Waals surface area contributed by atoms with Gasteiger partial charge in [-0.1, -0.05) is 24.3 Å². The predicted molar refractivity (Wildman–Crippen MR) is 106 cm³/mol. The van der Waals surface area contributed by atoms with Crippen molar-refractivity contribution in [1.82, 2.24) is 14.6 Å². The summed E-state index contributed by atoms with van der Waals surface area (Å²) in [6.07, 6.45) is 8.49. The van der Waals surface area contributed by atoms with Gasteiger partial charge < -0.3 is 14.3 Å². The normalized spacial score (nSPS) is 16.1. The molecule has 0 bridgehead atoms. The summed E-state index contributed by atoms with van der Waals surface area (Å²) in [6.45, 7) is 1.10. The summed E-state index contributed by atoms with van der Waals surface area (Å²) in [5.74, 6) is 6.77. The lowest BCUT2D eigenvalue weighted by Crippen LogP contribution is -2.35. The van der Waals surface area contributed by atoms with Gasteiger partial charge in [-0.05, 0) is 49.1 Å². The molecule has 2 aromatic carbocycles. The second kappa shape index (κ2) is 8.27. The average Bonchev–Trinajstić information content (AvgIpc) is 3.23. The van der Waals surface area contributed by atoms with Crippen LogP contribution >= 0.6 is 0 Å². The Hall–Kier alpha value is -3.12. The van der Waals surface area contributed by atoms with Crippen LogP contribution in [0.3, 0.4) is 0 Å². The molecule has 1 aliphatic heterocycles. The summed E-state index contributed by atoms with van der Waals surface area (Å²) in [7, 11) is 0. The van der Waals surface area contributed by atoms with E-state index in [-0.39, 0.29) is 12.4 Å². The Morgan fingerprint density at radius 1 is 1.14 bits per heavy atom. The molecule has 2 heterocycles. The van der Waals surface area contributed by atoms with Gasteiger partial charge in [0.05, 0.1) is 17.7 Å². The molecule has 2 N–H and O–H groups in total. The highest BCUT2D eigenvalue weighted by atomic mass is 19.1. The minimum absolute atomic E-state index is 0.267. The lowest BCUT2D eigenvalue weighted by atomic mass is 10.0. The molecule has 1 aliphatic rings. The van der Waals surface area contributed by atoms with Crippen molar-refractivity contribution in [2.24, 2.45) is 5.84 Å². The van der Waals surface area contributed by atoms with E-state index in [9.17, 15) is 4.39 Å². The largest absolute Gasteiger partial charge is 0.488 e. The van der Waals surface area contributed by atoms with Crippen LogP contribution in [0.1, 0.15) is 30.4 Å². The highest BCUT2D eigenvalue weighted by molar-refractivity contribution is 5.73. The second-order valence-corrected chi connectivity index (χ2v) is 6.83. The molecule has 3 aromatic rings. The van der Waals surface area contributed by atoms with E-state index >= 15 is 0 Å². The number of rotatable bonds is 5. The van der Waals surface area contributed by atoms with E-state index in [1.807, 2.05) is 46.1 Å². The maximum Gasteiger partial charge on any atom is 0.129 e. The number of nitrogens with two attached hydrogens (primary N) is 1. The number of aromatic nitrogens is 2. The van der Waals surface area contributed by atoms with Crippen molar-refractivity contribution < 1.29 is 9.13 Å². The summed E-state index contributed by atoms with van der Waals surface area (Å²) in [6, 6.07) is 14.3. The molecular formula is C22H23FN4O. The molecule has 4 rings (SSSR count). The Kier molecular flexibility index (Phi) is 5.39. The third-order valence-corrected chi connectivity index (χ3v) is 4.87. The van der Waals surface area contributed by atoms with Gasteiger partial charge >= 0.3 is 0 Å². The fourth-order valence-electron chi connectivity index (χ4n) is 3.52. The number of nitrogens with zero attached hydrogens (tertiary/aromatic N) is 3. The fourth-order valence-corrected chi connectivity index (χ4v) is 3.52. The number of benzene rings is 2. The number of hydrazine groups is 1. The lowest BCUT2D eigenvalue weighted by molar-refractivity contribution is 0.296. The SMILES string of the molecule is NN1CCCCC1=C(c1ccccc1OCc1cccc(F)c1)n1ccnc1. The fraction of sp³-hybridized carbons (Fsp3) is 0.227. The zero-order chi connectivity index (χ0) is 19.3. The maximum atomic E-state index is 13.5. The summed E-state index contributed by atoms with van der Waals surface area (Å²) in [4.78, 5) is 4.21. The first-order valence-electron chi connectivity index (χ1n) is 9.43. The third-order valence-electron chi connectivity index (χ3n) is 4.87. The van der Waals surface area contributed by atoms with Crippen molar-refractivity contribution >= 4 is 5.70 Å². The predicted octanol–water partition coefficient (Wildman–Crippen LogP) is 4.18. The van der Waals surface area contributed by atoms with Crippen LogP contribution in [0.25, 0.3) is 5.70 Å². The number of hydrogen-bond donors (Lipinski definition) is 1. The van der Waals surface area contributed by atoms with Gasteiger partial charge in [0.1, 0.15) is 18.2 Å². The first-order valence-corrected chi connectivity index (χ1v) is 9.43. The van der Waals surface area contributed by atoms with Crippen LogP contribution in [-0.4, -0.2) is 21.1 Å². The van der Waals surface area contributed by atoms with Gasteiger partial charge in [-0.15, -0.1) is 0 Å². The summed E-state index contributed by atoms with van der Waals surface area (Å²) >= 11 is 0. The van der Waals surface area contributed by atoms with Crippen molar-refractivity contribution in [3.05, 3.63) is 89.9 Å². The Morgan fingerprint density at radius 2 is 2.04 bits per heavy atom. The second-order valence-electron chi connectivity index (χ2n) is 6.83. The van der Waals surface area contributed by atoms with E-state index in [1.54, 1.807) is 18.6 Å². The molecule has 6 heteroatoms. The zero-order valence-corrected chi connectivity index (χ0v) is 15.6. The van der Waals surface area contributed by atoms with Crippen molar-refractivity contribution in [2.45, 2.75) is 25.9 Å². The Balaban J connectivity index is 1.73. The van der Waals surface area contributed by atoms with E-state index in [1.165, 1.54) is 12.1 Å². The number of piperidine rings is 1. The van der Waals surface area contributed by atoms with E-state index < -0.39 is 0 Å². The quantitative estimate of drug-likeness (QED) is 0.677. The van der Waals surface area contributed by atoms with Crippen LogP contribution in [0.5, 0.6) is 5.75 Å². The number of ether oxygens (including phenoxy) is 1. The minimum atomic E-state index is -0.267. The Bertz CT molecular complexity index is 968. The molecule has 0 amide bonds. The summed E-state index contributed by atoms with van der Waals surface area (Å²) in [5, 5.41) is 1.82. The van der Waals surface area contributed by atoms with Crippen LogP contribution in [0.4, 0.5) is 4.39 Å². The number of halogens is 1. The highest BCUT2D eigenvalue weighted by Crippen LogP contribution is 2.34. The molecule has 0 saturated carbocycles. The molecular weight excluding hydrogens is 355 g/mol. The van der Waals surface area contributed by atoms with Crippen LogP contribution < -0.4 is 10.6 Å². The third kappa shape index (κ3) is 3.92. The standard InChI is InChI=1S/C22H23FN4O/c23-18-7-5-6-17(14-18)15-28-21-10-2-1-8-19(21)22(26-13-11-25-16-26)20-9-3-4-12-27(20)24/h1-2,5-8,10-11,13-14,16H,3-4,9,12,15,24H2. The van der Waals surface area contributed by atoms with E-state index in [2.05, 4.69) is 4.98 Å². The first-order chi connectivity index (χ1) is 13.7. The van der Waals surface area contributed by atoms with Crippen molar-refractivity contribution in [2.75, 3.05) is 6.54 Å². The average molecular weight is 378 g/mol. The Morgan fingerprint density at radius 3 is 2.82 bits per heavy atom. The van der Waals surface area contributed by atoms with Gasteiger partial charge in [-0.25, -0.2) is 15.2 Å². The number of hydrogen-bond acceptors (Lipinski definition) is 4. The highest BCUT2D eigenvalue weighted by Gasteiger charge is 2.21. The van der Waals surface area contributed by atoms with E-state index in [0.29, 0.717) is 0 Å². The molecule has 1 saturated heterocycles. The van der Waals surface area contributed by atoms with Crippen molar-refractivity contribution in [3.63, 3.8) is 0 Å². The lowest BCUT2D eigenvalue weighted by Gasteiger charge is -2.30. The molecule has 1 aromatic heterocycles. The van der Waals surface area contributed by atoms with Gasteiger partial charge in [0.2, 0.25) is 0 Å². The number of allylic oxidation sites excluding steroid dienone is 1. The molecule has 28 heavy (non-hydrogen) atoms. The zero-order valence-electron chi connectivity index (χ0n) is 15.6. The maximum absolute atomic E-state index is 13.5. The van der Waals surface area contributed by atoms with Crippen LogP contribution in [0.15, 0.2) is 72.9 Å². The van der Waals surface area contributed by atoms with Crippen molar-refractivity contribution in [3.8, 4) is 5.75 Å². The van der Waals surface area contributed by atoms with E-state index in [0.717, 1.165) is 54.1 Å². The molecule has 0 aliphatic carbocycles. The molecule has 0 spiro atoms. The van der Waals surface area contributed by atoms with Gasteiger partial charge in [-0.3, -0.25) is 0 Å². The summed E-state index contributed by atoms with van der Waals surface area (Å²) in [5.41, 5.74) is 3.75. The topological polar surface area (TPSA) is 56.3 Å². The van der Waals surface area contributed by atoms with Crippen LogP contribution in [-0.2, 0) is 6.61 Å². The van der Waals surface area contributed by atoms with Gasteiger partial charge in [0.25, 0.3) is 0 Å². The summed E-state index contributed by atoms with van der Waals surface area (Å²) < 4.78 is 21.5. The molecule has 144 valence electrons. The number of imidazole rings is 1. The monoisotopic (exact) mass is 378 g/mol. The van der Waals surface area contributed by atoms with E-state index in [4.69, 9.17) is 10.6 Å².